The van der Waals surface area contributed by atoms with Crippen LogP contribution >= 0.6 is 0 Å². The summed E-state index contributed by atoms with van der Waals surface area (Å²) in [4.78, 5) is 27.0. The Kier molecular flexibility index (Phi) is 19.0. The van der Waals surface area contributed by atoms with Gasteiger partial charge in [-0.25, -0.2) is 0 Å². The Balaban J connectivity index is -0.000000171. The molecule has 8 heteroatoms. The van der Waals surface area contributed by atoms with Crippen molar-refractivity contribution in [2.75, 3.05) is 0 Å². The summed E-state index contributed by atoms with van der Waals surface area (Å²) in [7, 11) is 0. The number of aliphatic carboxylic acids is 3. The average Bonchev–Trinajstić information content (AvgIpc) is 2.51. The zero-order chi connectivity index (χ0) is 15.1. The second kappa shape index (κ2) is 15.6. The molecular formula is C10H15O7Pb. The molecule has 0 saturated carbocycles. The quantitative estimate of drug-likeness (QED) is 0.483. The molecule has 3 radical (unpaired) electrons. The molecule has 1 aromatic heterocycles. The van der Waals surface area contributed by atoms with E-state index in [1.165, 1.54) is 3.12 Å². The van der Waals surface area contributed by atoms with Gasteiger partial charge in [0.2, 0.25) is 0 Å². The van der Waals surface area contributed by atoms with Crippen LogP contribution in [0.5, 0.6) is 0 Å². The molecule has 0 fully saturated rings. The maximum atomic E-state index is 9.00. The Bertz CT molecular complexity index is 291. The van der Waals surface area contributed by atoms with E-state index in [4.69, 9.17) is 34.1 Å². The number of furan rings is 1. The van der Waals surface area contributed by atoms with Gasteiger partial charge < -0.3 is 15.3 Å². The number of hydrogen-bond donors (Lipinski definition) is 3. The van der Waals surface area contributed by atoms with Gasteiger partial charge in [-0.05, 0) is 0 Å². The van der Waals surface area contributed by atoms with Crippen LogP contribution in [0.2, 0.25) is 0 Å². The van der Waals surface area contributed by atoms with Crippen molar-refractivity contribution < 1.29 is 34.1 Å². The Morgan fingerprint density at radius 3 is 1.33 bits per heavy atom. The fourth-order valence-corrected chi connectivity index (χ4v) is 0.793. The van der Waals surface area contributed by atoms with Crippen LogP contribution in [0.4, 0.5) is 0 Å². The van der Waals surface area contributed by atoms with Crippen LogP contribution in [0.3, 0.4) is 0 Å². The van der Waals surface area contributed by atoms with E-state index in [1.807, 2.05) is 6.07 Å². The molecule has 18 heavy (non-hydrogen) atoms. The van der Waals surface area contributed by atoms with Crippen LogP contribution in [0, 0.1) is 0 Å². The van der Waals surface area contributed by atoms with E-state index in [-0.39, 0.29) is 0 Å². The second-order valence-electron chi connectivity index (χ2n) is 2.57. The molecule has 0 amide bonds. The van der Waals surface area contributed by atoms with E-state index >= 15 is 0 Å². The molecule has 0 unspecified atom stereocenters. The van der Waals surface area contributed by atoms with Crippen LogP contribution in [-0.4, -0.2) is 59.0 Å². The molecule has 3 N–H and O–H groups in total. The fourth-order valence-electron chi connectivity index (χ4n) is 0.264. The molecule has 7 nitrogen and oxygen atoms in total. The van der Waals surface area contributed by atoms with Crippen molar-refractivity contribution in [3.05, 3.63) is 18.6 Å². The van der Waals surface area contributed by atoms with Gasteiger partial charge in [0.25, 0.3) is 17.9 Å². The maximum absolute atomic E-state index is 9.00. The molecule has 101 valence electrons. The summed E-state index contributed by atoms with van der Waals surface area (Å²) in [6, 6.07) is 1.98. The Morgan fingerprint density at radius 1 is 1.00 bits per heavy atom. The van der Waals surface area contributed by atoms with Gasteiger partial charge in [0.1, 0.15) is 0 Å². The number of rotatable bonds is 0. The normalized spacial score (nSPS) is 7.11. The molecule has 0 saturated heterocycles. The van der Waals surface area contributed by atoms with Gasteiger partial charge >= 0.3 is 51.9 Å². The van der Waals surface area contributed by atoms with Gasteiger partial charge in [-0.1, -0.05) is 0 Å². The molecule has 0 aliphatic heterocycles. The standard InChI is InChI=1S/C4H3O.3C2H4O2.Pb/c1-2-4-5-3-1;3*1-2(3)4;/h1,3-4H;3*1H3,(H,3,4);. The second-order valence-corrected chi connectivity index (χ2v) is 4.81. The molecule has 0 aromatic carbocycles. The van der Waals surface area contributed by atoms with Crippen LogP contribution in [0.15, 0.2) is 23.0 Å². The van der Waals surface area contributed by atoms with Crippen molar-refractivity contribution in [3.8, 4) is 0 Å². The minimum absolute atomic E-state index is 0.833. The first-order valence-electron chi connectivity index (χ1n) is 4.42. The monoisotopic (exact) mass is 455 g/mol. The SMILES string of the molecule is CC(=O)O.CC(=O)O.CC(=O)O.[Pb][c]1ccoc1. The van der Waals surface area contributed by atoms with E-state index in [1.54, 1.807) is 12.5 Å². The summed E-state index contributed by atoms with van der Waals surface area (Å²) < 4.78 is 6.06. The molecule has 0 atom stereocenters. The summed E-state index contributed by atoms with van der Waals surface area (Å²) in [5.74, 6) is -2.50. The third-order valence-corrected chi connectivity index (χ3v) is 1.63. The van der Waals surface area contributed by atoms with Crippen molar-refractivity contribution in [2.45, 2.75) is 20.8 Å². The predicted octanol–water partition coefficient (Wildman–Crippen LogP) is 0.346. The van der Waals surface area contributed by atoms with Gasteiger partial charge in [0.05, 0.1) is 0 Å². The zero-order valence-electron chi connectivity index (χ0n) is 10.2. The Labute approximate surface area is 120 Å². The number of carboxylic acids is 3. The first kappa shape index (κ1) is 21.9. The van der Waals surface area contributed by atoms with Gasteiger partial charge in [-0.2, -0.15) is 0 Å². The summed E-state index contributed by atoms with van der Waals surface area (Å²) in [5, 5.41) is 22.2. The first-order valence-corrected chi connectivity index (χ1v) is 6.36. The van der Waals surface area contributed by atoms with Gasteiger partial charge in [0.15, 0.2) is 0 Å². The molecule has 0 aliphatic rings. The minimum atomic E-state index is -0.833. The summed E-state index contributed by atoms with van der Waals surface area (Å²) in [6.07, 6.45) is 3.47. The van der Waals surface area contributed by atoms with Crippen molar-refractivity contribution in [1.82, 2.24) is 0 Å². The summed E-state index contributed by atoms with van der Waals surface area (Å²) in [6.45, 7) is 3.25. The van der Waals surface area contributed by atoms with E-state index in [2.05, 4.69) is 0 Å². The van der Waals surface area contributed by atoms with E-state index < -0.39 is 17.9 Å². The summed E-state index contributed by atoms with van der Waals surface area (Å²) >= 11 is 1.10. The molecule has 0 spiro atoms. The van der Waals surface area contributed by atoms with Gasteiger partial charge in [-0.15, -0.1) is 0 Å². The van der Waals surface area contributed by atoms with Crippen molar-refractivity contribution in [1.29, 1.82) is 0 Å². The number of carbonyl (C=O) groups is 3. The topological polar surface area (TPSA) is 125 Å². The Morgan fingerprint density at radius 2 is 1.28 bits per heavy atom. The van der Waals surface area contributed by atoms with Crippen molar-refractivity contribution >= 4 is 46.8 Å². The predicted molar refractivity (Wildman–Crippen MR) is 64.0 cm³/mol. The third-order valence-electron chi connectivity index (χ3n) is 0.521. The summed E-state index contributed by atoms with van der Waals surface area (Å²) in [5.41, 5.74) is 0. The molecule has 0 aliphatic carbocycles. The molecule has 1 aromatic rings. The van der Waals surface area contributed by atoms with E-state index in [0.717, 1.165) is 46.5 Å². The number of hydrogen-bond acceptors (Lipinski definition) is 4. The Hall–Kier alpha value is -1.39. The fraction of sp³-hybridized carbons (Fsp3) is 0.300. The molecule has 0 bridgehead atoms. The van der Waals surface area contributed by atoms with Crippen molar-refractivity contribution in [3.63, 3.8) is 0 Å². The average molecular weight is 454 g/mol. The van der Waals surface area contributed by atoms with Gasteiger partial charge in [-0.3, -0.25) is 14.4 Å². The molecule has 1 heterocycles. The van der Waals surface area contributed by atoms with E-state index in [9.17, 15) is 0 Å². The van der Waals surface area contributed by atoms with Crippen LogP contribution in [0.25, 0.3) is 0 Å². The van der Waals surface area contributed by atoms with Gasteiger partial charge in [0, 0.05) is 20.8 Å². The third kappa shape index (κ3) is 86.0. The van der Waals surface area contributed by atoms with Crippen LogP contribution in [-0.2, 0) is 14.4 Å². The molecule has 1 rings (SSSR count). The first-order chi connectivity index (χ1) is 8.09. The zero-order valence-corrected chi connectivity index (χ0v) is 14.1. The number of carboxylic acid groups (broad SMARTS) is 3. The molecular weight excluding hydrogens is 439 g/mol. The van der Waals surface area contributed by atoms with Crippen LogP contribution in [0.1, 0.15) is 20.8 Å². The van der Waals surface area contributed by atoms with Crippen molar-refractivity contribution in [2.24, 2.45) is 0 Å². The van der Waals surface area contributed by atoms with Crippen LogP contribution < -0.4 is 3.12 Å². The van der Waals surface area contributed by atoms with E-state index in [0.29, 0.717) is 0 Å².